The van der Waals surface area contributed by atoms with Gasteiger partial charge in [-0.15, -0.1) is 0 Å². The maximum atomic E-state index is 12.9. The molecule has 2 N–H and O–H groups in total. The number of carbonyl (C=O) groups is 1. The number of carbonyl (C=O) groups excluding carboxylic acids is 1. The van der Waals surface area contributed by atoms with Crippen LogP contribution < -0.4 is 0 Å². The fourth-order valence-electron chi connectivity index (χ4n) is 5.74. The summed E-state index contributed by atoms with van der Waals surface area (Å²) < 4.78 is 0. The quantitative estimate of drug-likeness (QED) is 0.777. The van der Waals surface area contributed by atoms with Crippen molar-refractivity contribution < 1.29 is 15.0 Å². The van der Waals surface area contributed by atoms with Crippen LogP contribution in [-0.4, -0.2) is 27.7 Å². The first-order valence-electron chi connectivity index (χ1n) is 9.13. The van der Waals surface area contributed by atoms with Gasteiger partial charge in [0.05, 0.1) is 11.7 Å². The highest BCUT2D eigenvalue weighted by molar-refractivity contribution is 5.97. The zero-order chi connectivity index (χ0) is 17.2. The minimum absolute atomic E-state index is 0.0695. The first-order valence-corrected chi connectivity index (χ1v) is 9.13. The van der Waals surface area contributed by atoms with Crippen LogP contribution in [0.25, 0.3) is 0 Å². The number of hydrogen-bond donors (Lipinski definition) is 2. The van der Waals surface area contributed by atoms with E-state index in [9.17, 15) is 15.0 Å². The first kappa shape index (κ1) is 17.2. The van der Waals surface area contributed by atoms with Crippen LogP contribution in [0.4, 0.5) is 0 Å². The largest absolute Gasteiger partial charge is 0.393 e. The summed E-state index contributed by atoms with van der Waals surface area (Å²) >= 11 is 0. The van der Waals surface area contributed by atoms with E-state index >= 15 is 0 Å². The van der Waals surface area contributed by atoms with E-state index in [1.807, 2.05) is 13.8 Å². The molecule has 0 aromatic rings. The number of aliphatic hydroxyl groups excluding tert-OH is 1. The molecule has 5 atom stereocenters. The molecule has 0 amide bonds. The van der Waals surface area contributed by atoms with Crippen molar-refractivity contribution in [3.05, 3.63) is 11.6 Å². The number of allylic oxidation sites excluding steroid dienone is 1. The fourth-order valence-corrected chi connectivity index (χ4v) is 5.74. The second-order valence-corrected chi connectivity index (χ2v) is 9.57. The van der Waals surface area contributed by atoms with Gasteiger partial charge >= 0.3 is 0 Å². The Morgan fingerprint density at radius 3 is 2.43 bits per heavy atom. The van der Waals surface area contributed by atoms with Crippen molar-refractivity contribution in [1.82, 2.24) is 0 Å². The minimum atomic E-state index is -0.766. The van der Waals surface area contributed by atoms with Crippen molar-refractivity contribution in [2.24, 2.45) is 28.6 Å². The average Bonchev–Trinajstić information content (AvgIpc) is 2.46. The van der Waals surface area contributed by atoms with E-state index in [-0.39, 0.29) is 34.6 Å². The summed E-state index contributed by atoms with van der Waals surface area (Å²) in [6.07, 6.45) is 6.04. The molecule has 3 aliphatic carbocycles. The van der Waals surface area contributed by atoms with Gasteiger partial charge in [0.15, 0.2) is 5.78 Å². The highest BCUT2D eigenvalue weighted by atomic mass is 16.3. The third kappa shape index (κ3) is 2.51. The van der Waals surface area contributed by atoms with Crippen LogP contribution in [0.3, 0.4) is 0 Å². The smallest absolute Gasteiger partial charge is 0.159 e. The highest BCUT2D eigenvalue weighted by Crippen LogP contribution is 2.62. The van der Waals surface area contributed by atoms with Crippen molar-refractivity contribution in [2.45, 2.75) is 78.4 Å². The van der Waals surface area contributed by atoms with Crippen LogP contribution in [0.15, 0.2) is 11.6 Å². The molecule has 3 heteroatoms. The summed E-state index contributed by atoms with van der Waals surface area (Å²) in [7, 11) is 0. The standard InChI is InChI=1S/C20H32O3/c1-18(2)16-11-15(21)13-10-12(19(3,4)23)6-7-14(13)20(16,5)9-8-17(18)22/h10,12,14,16-17,22-23H,6-9,11H2,1-5H3/t12?,14?,16?,17-,20+/m1/s1. The molecule has 0 heterocycles. The lowest BCUT2D eigenvalue weighted by atomic mass is 9.45. The Hall–Kier alpha value is -0.670. The SMILES string of the molecule is CC(C)(O)C1C=C2C(=O)CC3C(C)(C)[C@H](O)CC[C@@]3(C)C2CC1. The van der Waals surface area contributed by atoms with Gasteiger partial charge in [0.1, 0.15) is 0 Å². The van der Waals surface area contributed by atoms with Gasteiger partial charge in [0, 0.05) is 12.3 Å². The molecule has 0 aromatic heterocycles. The summed E-state index contributed by atoms with van der Waals surface area (Å²) in [5, 5.41) is 20.8. The molecule has 0 aliphatic heterocycles. The van der Waals surface area contributed by atoms with Gasteiger partial charge in [0.25, 0.3) is 0 Å². The third-order valence-corrected chi connectivity index (χ3v) is 7.45. The number of Topliss-reactive ketones (excluding diaryl/α,β-unsaturated/α-hetero) is 1. The number of hydrogen-bond acceptors (Lipinski definition) is 3. The Balaban J connectivity index is 2.00. The van der Waals surface area contributed by atoms with Crippen LogP contribution in [-0.2, 0) is 4.79 Å². The van der Waals surface area contributed by atoms with Crippen molar-refractivity contribution in [2.75, 3.05) is 0 Å². The first-order chi connectivity index (χ1) is 10.5. The van der Waals surface area contributed by atoms with E-state index in [0.29, 0.717) is 12.3 Å². The predicted octanol–water partition coefficient (Wildman–Crippen LogP) is 3.49. The monoisotopic (exact) mass is 320 g/mol. The summed E-state index contributed by atoms with van der Waals surface area (Å²) in [4.78, 5) is 12.9. The topological polar surface area (TPSA) is 57.5 Å². The van der Waals surface area contributed by atoms with Gasteiger partial charge in [-0.1, -0.05) is 26.8 Å². The van der Waals surface area contributed by atoms with E-state index in [4.69, 9.17) is 0 Å². The molecule has 0 aromatic carbocycles. The van der Waals surface area contributed by atoms with E-state index in [1.165, 1.54) is 0 Å². The summed E-state index contributed by atoms with van der Waals surface area (Å²) in [6, 6.07) is 0. The number of fused-ring (bicyclic) bond motifs is 3. The molecule has 0 radical (unpaired) electrons. The Bertz CT molecular complexity index is 540. The average molecular weight is 320 g/mol. The molecule has 0 saturated heterocycles. The van der Waals surface area contributed by atoms with Gasteiger partial charge in [-0.2, -0.15) is 0 Å². The van der Waals surface area contributed by atoms with Gasteiger partial charge in [-0.05, 0) is 67.8 Å². The van der Waals surface area contributed by atoms with Gasteiger partial charge in [0.2, 0.25) is 0 Å². The molecule has 2 fully saturated rings. The van der Waals surface area contributed by atoms with Crippen molar-refractivity contribution >= 4 is 5.78 Å². The van der Waals surface area contributed by atoms with Gasteiger partial charge in [-0.3, -0.25) is 4.79 Å². The molecule has 3 unspecified atom stereocenters. The van der Waals surface area contributed by atoms with Gasteiger partial charge < -0.3 is 10.2 Å². The fraction of sp³-hybridized carbons (Fsp3) is 0.850. The number of ketones is 1. The molecular weight excluding hydrogens is 288 g/mol. The van der Waals surface area contributed by atoms with Crippen molar-refractivity contribution in [3.8, 4) is 0 Å². The minimum Gasteiger partial charge on any atom is -0.393 e. The highest BCUT2D eigenvalue weighted by Gasteiger charge is 2.58. The zero-order valence-corrected chi connectivity index (χ0v) is 15.2. The van der Waals surface area contributed by atoms with Gasteiger partial charge in [-0.25, -0.2) is 0 Å². The molecule has 2 saturated carbocycles. The Morgan fingerprint density at radius 1 is 1.17 bits per heavy atom. The summed E-state index contributed by atoms with van der Waals surface area (Å²) in [5.41, 5.74) is 0.0844. The lowest BCUT2D eigenvalue weighted by Gasteiger charge is -2.60. The third-order valence-electron chi connectivity index (χ3n) is 7.45. The normalized spacial score (nSPS) is 43.4. The van der Waals surface area contributed by atoms with E-state index in [2.05, 4.69) is 26.8 Å². The predicted molar refractivity (Wildman–Crippen MR) is 90.8 cm³/mol. The van der Waals surface area contributed by atoms with Crippen LogP contribution >= 0.6 is 0 Å². The van der Waals surface area contributed by atoms with E-state index < -0.39 is 5.60 Å². The molecular formula is C20H32O3. The summed E-state index contributed by atoms with van der Waals surface area (Å²) in [6.45, 7) is 10.3. The second kappa shape index (κ2) is 5.16. The van der Waals surface area contributed by atoms with Crippen LogP contribution in [0.5, 0.6) is 0 Å². The van der Waals surface area contributed by atoms with E-state index in [0.717, 1.165) is 31.3 Å². The number of aliphatic hydroxyl groups is 2. The summed E-state index contributed by atoms with van der Waals surface area (Å²) in [5.74, 6) is 0.847. The molecule has 3 nitrogen and oxygen atoms in total. The molecule has 23 heavy (non-hydrogen) atoms. The Morgan fingerprint density at radius 2 is 1.83 bits per heavy atom. The molecule has 3 aliphatic rings. The molecule has 3 rings (SSSR count). The van der Waals surface area contributed by atoms with Crippen LogP contribution in [0, 0.1) is 28.6 Å². The number of rotatable bonds is 1. The van der Waals surface area contributed by atoms with Crippen molar-refractivity contribution in [1.29, 1.82) is 0 Å². The Labute approximate surface area is 140 Å². The maximum Gasteiger partial charge on any atom is 0.159 e. The van der Waals surface area contributed by atoms with E-state index in [1.54, 1.807) is 0 Å². The van der Waals surface area contributed by atoms with Crippen LogP contribution in [0.2, 0.25) is 0 Å². The molecule has 130 valence electrons. The lowest BCUT2D eigenvalue weighted by molar-refractivity contribution is -0.147. The molecule has 0 bridgehead atoms. The Kier molecular flexibility index (Phi) is 3.85. The van der Waals surface area contributed by atoms with Crippen LogP contribution in [0.1, 0.15) is 66.7 Å². The second-order valence-electron chi connectivity index (χ2n) is 9.57. The molecule has 0 spiro atoms. The van der Waals surface area contributed by atoms with Crippen molar-refractivity contribution in [3.63, 3.8) is 0 Å². The maximum absolute atomic E-state index is 12.9. The zero-order valence-electron chi connectivity index (χ0n) is 15.2. The lowest BCUT2D eigenvalue weighted by Crippen LogP contribution is -2.57.